The number of hydrogen-bond acceptors (Lipinski definition) is 3. The fourth-order valence-corrected chi connectivity index (χ4v) is 4.19. The highest BCUT2D eigenvalue weighted by Crippen LogP contribution is 2.38. The molecule has 0 bridgehead atoms. The number of nitrogens with zero attached hydrogens (tertiary/aromatic N) is 2. The Morgan fingerprint density at radius 1 is 1.16 bits per heavy atom. The lowest BCUT2D eigenvalue weighted by molar-refractivity contribution is -0.0187. The Labute approximate surface area is 150 Å². The molecule has 130 valence electrons. The fourth-order valence-electron chi connectivity index (χ4n) is 4.19. The van der Waals surface area contributed by atoms with Crippen molar-refractivity contribution in [3.05, 3.63) is 77.8 Å². The van der Waals surface area contributed by atoms with Crippen molar-refractivity contribution in [2.24, 2.45) is 0 Å². The Bertz CT molecular complexity index is 722. The highest BCUT2D eigenvalue weighted by molar-refractivity contribution is 5.44. The number of pyridine rings is 1. The molecule has 3 nitrogen and oxygen atoms in total. The van der Waals surface area contributed by atoms with Gasteiger partial charge < -0.3 is 10.0 Å². The quantitative estimate of drug-likeness (QED) is 0.840. The van der Waals surface area contributed by atoms with Crippen molar-refractivity contribution in [2.75, 3.05) is 6.54 Å². The van der Waals surface area contributed by atoms with E-state index in [9.17, 15) is 5.11 Å². The number of rotatable bonds is 3. The topological polar surface area (TPSA) is 36.4 Å². The number of aromatic nitrogens is 1. The smallest absolute Gasteiger partial charge is 0.0912 e. The summed E-state index contributed by atoms with van der Waals surface area (Å²) in [5.74, 6) is 0. The zero-order valence-electron chi connectivity index (χ0n) is 14.6. The monoisotopic (exact) mass is 334 g/mol. The molecule has 0 radical (unpaired) electrons. The summed E-state index contributed by atoms with van der Waals surface area (Å²) in [5.41, 5.74) is 3.09. The largest absolute Gasteiger partial charge is 0.385 e. The van der Waals surface area contributed by atoms with Crippen LogP contribution in [0.25, 0.3) is 0 Å². The van der Waals surface area contributed by atoms with Crippen molar-refractivity contribution in [3.63, 3.8) is 0 Å². The average molecular weight is 334 g/mol. The molecular formula is C22H26N2O. The number of allylic oxidation sites excluding steroid dienone is 6. The first-order valence-corrected chi connectivity index (χ1v) is 9.36. The van der Waals surface area contributed by atoms with E-state index in [-0.39, 0.29) is 0 Å². The van der Waals surface area contributed by atoms with Crippen LogP contribution in [0.3, 0.4) is 0 Å². The van der Waals surface area contributed by atoms with E-state index in [2.05, 4.69) is 46.5 Å². The molecular weight excluding hydrogens is 308 g/mol. The van der Waals surface area contributed by atoms with Crippen LogP contribution >= 0.6 is 0 Å². The summed E-state index contributed by atoms with van der Waals surface area (Å²) < 4.78 is 0. The molecule has 3 heteroatoms. The molecule has 0 unspecified atom stereocenters. The molecule has 0 saturated heterocycles. The molecule has 1 aliphatic heterocycles. The highest BCUT2D eigenvalue weighted by atomic mass is 16.3. The van der Waals surface area contributed by atoms with Gasteiger partial charge in [-0.1, -0.05) is 30.4 Å². The second-order valence-corrected chi connectivity index (χ2v) is 7.32. The minimum atomic E-state index is -0.704. The summed E-state index contributed by atoms with van der Waals surface area (Å²) in [6.45, 7) is 0.975. The number of hydrogen-bond donors (Lipinski definition) is 1. The normalized spacial score (nSPS) is 29.3. The molecule has 1 N–H and O–H groups in total. The Kier molecular flexibility index (Phi) is 4.58. The van der Waals surface area contributed by atoms with Crippen molar-refractivity contribution in [1.29, 1.82) is 0 Å². The molecule has 3 aliphatic rings. The van der Waals surface area contributed by atoms with Gasteiger partial charge in [0, 0.05) is 36.7 Å². The Morgan fingerprint density at radius 2 is 2.04 bits per heavy atom. The third kappa shape index (κ3) is 3.47. The minimum Gasteiger partial charge on any atom is -0.385 e. The zero-order valence-corrected chi connectivity index (χ0v) is 14.6. The lowest BCUT2D eigenvalue weighted by Gasteiger charge is -2.41. The van der Waals surface area contributed by atoms with E-state index in [1.165, 1.54) is 11.1 Å². The van der Waals surface area contributed by atoms with Gasteiger partial charge in [-0.3, -0.25) is 4.98 Å². The van der Waals surface area contributed by atoms with Crippen LogP contribution in [-0.4, -0.2) is 27.6 Å². The summed E-state index contributed by atoms with van der Waals surface area (Å²) >= 11 is 0. The molecule has 1 aromatic rings. The van der Waals surface area contributed by atoms with Crippen molar-refractivity contribution in [2.45, 2.75) is 50.2 Å². The predicted molar refractivity (Wildman–Crippen MR) is 101 cm³/mol. The van der Waals surface area contributed by atoms with Gasteiger partial charge in [-0.15, -0.1) is 0 Å². The van der Waals surface area contributed by atoms with Crippen LogP contribution < -0.4 is 0 Å². The molecule has 4 rings (SSSR count). The molecule has 1 saturated carbocycles. The van der Waals surface area contributed by atoms with Gasteiger partial charge in [0.2, 0.25) is 0 Å². The van der Waals surface area contributed by atoms with Crippen molar-refractivity contribution in [3.8, 4) is 0 Å². The lowest BCUT2D eigenvalue weighted by Crippen LogP contribution is -2.41. The molecule has 1 aromatic heterocycles. The Hall–Kier alpha value is -2.13. The first-order chi connectivity index (χ1) is 12.2. The third-order valence-corrected chi connectivity index (χ3v) is 5.79. The SMILES string of the molecule is OC1(c2cccnc2)CCC(N2C=CC(C3=CCC=CC3)=CC2)CC1. The van der Waals surface area contributed by atoms with Crippen LogP contribution in [0.2, 0.25) is 0 Å². The van der Waals surface area contributed by atoms with Crippen LogP contribution in [-0.2, 0) is 5.60 Å². The molecule has 0 aromatic carbocycles. The highest BCUT2D eigenvalue weighted by Gasteiger charge is 2.36. The maximum absolute atomic E-state index is 11.0. The van der Waals surface area contributed by atoms with E-state index < -0.39 is 5.60 Å². The van der Waals surface area contributed by atoms with Crippen molar-refractivity contribution >= 4 is 0 Å². The van der Waals surface area contributed by atoms with Crippen LogP contribution in [0.15, 0.2) is 72.3 Å². The molecule has 2 aliphatic carbocycles. The van der Waals surface area contributed by atoms with E-state index in [4.69, 9.17) is 0 Å². The first-order valence-electron chi connectivity index (χ1n) is 9.36. The van der Waals surface area contributed by atoms with Gasteiger partial charge in [-0.2, -0.15) is 0 Å². The van der Waals surface area contributed by atoms with E-state index in [1.54, 1.807) is 6.20 Å². The standard InChI is InChI=1S/C22H26N2O/c25-22(20-7-4-14-23-17-20)12-8-21(9-13-22)24-15-10-19(11-16-24)18-5-2-1-3-6-18/h1-2,4,6-7,10-11,14-15,17,21,25H,3,5,8-9,12-13,16H2. The number of aliphatic hydroxyl groups is 1. The second-order valence-electron chi connectivity index (χ2n) is 7.32. The van der Waals surface area contributed by atoms with Crippen LogP contribution in [0.5, 0.6) is 0 Å². The van der Waals surface area contributed by atoms with Gasteiger partial charge in [0.1, 0.15) is 0 Å². The average Bonchev–Trinajstić information content (AvgIpc) is 2.70. The van der Waals surface area contributed by atoms with Crippen LogP contribution in [0.4, 0.5) is 0 Å². The molecule has 1 fully saturated rings. The summed E-state index contributed by atoms with van der Waals surface area (Å²) in [7, 11) is 0. The van der Waals surface area contributed by atoms with Crippen LogP contribution in [0, 0.1) is 0 Å². The van der Waals surface area contributed by atoms with E-state index in [0.717, 1.165) is 50.6 Å². The maximum Gasteiger partial charge on any atom is 0.0912 e. The molecule has 25 heavy (non-hydrogen) atoms. The van der Waals surface area contributed by atoms with Crippen molar-refractivity contribution < 1.29 is 5.11 Å². The minimum absolute atomic E-state index is 0.520. The van der Waals surface area contributed by atoms with Gasteiger partial charge in [-0.25, -0.2) is 0 Å². The van der Waals surface area contributed by atoms with E-state index in [0.29, 0.717) is 6.04 Å². The van der Waals surface area contributed by atoms with Crippen LogP contribution in [0.1, 0.15) is 44.1 Å². The predicted octanol–water partition coefficient (Wildman–Crippen LogP) is 4.24. The Balaban J connectivity index is 1.36. The summed E-state index contributed by atoms with van der Waals surface area (Å²) in [6.07, 6.45) is 23.0. The molecule has 0 atom stereocenters. The van der Waals surface area contributed by atoms with Gasteiger partial charge in [0.15, 0.2) is 0 Å². The summed E-state index contributed by atoms with van der Waals surface area (Å²) in [4.78, 5) is 6.60. The Morgan fingerprint density at radius 3 is 2.68 bits per heavy atom. The van der Waals surface area contributed by atoms with Gasteiger partial charge in [-0.05, 0) is 61.8 Å². The van der Waals surface area contributed by atoms with Gasteiger partial charge in [0.05, 0.1) is 5.60 Å². The summed E-state index contributed by atoms with van der Waals surface area (Å²) in [6, 6.07) is 4.43. The van der Waals surface area contributed by atoms with E-state index in [1.807, 2.05) is 18.3 Å². The second kappa shape index (κ2) is 7.01. The summed E-state index contributed by atoms with van der Waals surface area (Å²) in [5, 5.41) is 11.0. The van der Waals surface area contributed by atoms with Gasteiger partial charge >= 0.3 is 0 Å². The first kappa shape index (κ1) is 16.3. The van der Waals surface area contributed by atoms with Gasteiger partial charge in [0.25, 0.3) is 0 Å². The fraction of sp³-hybridized carbons (Fsp3) is 0.409. The third-order valence-electron chi connectivity index (χ3n) is 5.79. The van der Waals surface area contributed by atoms with E-state index >= 15 is 0 Å². The molecule has 2 heterocycles. The maximum atomic E-state index is 11.0. The lowest BCUT2D eigenvalue weighted by atomic mass is 9.77. The van der Waals surface area contributed by atoms with Crippen molar-refractivity contribution in [1.82, 2.24) is 9.88 Å². The zero-order chi connectivity index (χ0) is 17.1. The molecule has 0 spiro atoms. The molecule has 0 amide bonds.